The topological polar surface area (TPSA) is 0 Å². The lowest BCUT2D eigenvalue weighted by Gasteiger charge is -2.19. The van der Waals surface area contributed by atoms with Crippen molar-refractivity contribution in [2.45, 2.75) is 59.3 Å². The van der Waals surface area contributed by atoms with Crippen molar-refractivity contribution in [1.82, 2.24) is 0 Å². The van der Waals surface area contributed by atoms with Crippen LogP contribution in [0, 0.1) is 11.8 Å². The lowest BCUT2D eigenvalue weighted by atomic mass is 9.88. The minimum Gasteiger partial charge on any atom is -0.0925 e. The second kappa shape index (κ2) is 9.05. The summed E-state index contributed by atoms with van der Waals surface area (Å²) in [7, 11) is 0. The Morgan fingerprint density at radius 2 is 1.62 bits per heavy atom. The first-order valence-electron chi connectivity index (χ1n) is 5.84. The van der Waals surface area contributed by atoms with Gasteiger partial charge in [-0.25, -0.2) is 0 Å². The van der Waals surface area contributed by atoms with Gasteiger partial charge in [0.2, 0.25) is 0 Å². The SMILES string of the molecule is CCCCC(CC)CC(CC)CBr. The third kappa shape index (κ3) is 6.54. The summed E-state index contributed by atoms with van der Waals surface area (Å²) in [6.07, 6.45) is 8.32. The van der Waals surface area contributed by atoms with E-state index in [-0.39, 0.29) is 0 Å². The Morgan fingerprint density at radius 3 is 2.00 bits per heavy atom. The zero-order valence-electron chi connectivity index (χ0n) is 9.48. The molecule has 0 saturated carbocycles. The molecule has 1 heteroatoms. The molecular formula is C12H25Br. The van der Waals surface area contributed by atoms with Gasteiger partial charge in [0.25, 0.3) is 0 Å². The molecule has 0 aliphatic heterocycles. The van der Waals surface area contributed by atoms with Gasteiger partial charge in [-0.2, -0.15) is 0 Å². The van der Waals surface area contributed by atoms with E-state index in [0.717, 1.165) is 11.8 Å². The van der Waals surface area contributed by atoms with Crippen LogP contribution in [0.5, 0.6) is 0 Å². The maximum Gasteiger partial charge on any atom is 0.00596 e. The monoisotopic (exact) mass is 248 g/mol. The Hall–Kier alpha value is 0.480. The van der Waals surface area contributed by atoms with Gasteiger partial charge in [-0.1, -0.05) is 68.8 Å². The molecular weight excluding hydrogens is 224 g/mol. The zero-order chi connectivity index (χ0) is 10.1. The first kappa shape index (κ1) is 13.5. The van der Waals surface area contributed by atoms with Crippen molar-refractivity contribution in [3.05, 3.63) is 0 Å². The summed E-state index contributed by atoms with van der Waals surface area (Å²) < 4.78 is 0. The maximum atomic E-state index is 3.60. The molecule has 0 aromatic rings. The molecule has 80 valence electrons. The number of hydrogen-bond donors (Lipinski definition) is 0. The minimum atomic E-state index is 0.904. The number of unbranched alkanes of at least 4 members (excludes halogenated alkanes) is 1. The molecule has 0 radical (unpaired) electrons. The molecule has 2 atom stereocenters. The van der Waals surface area contributed by atoms with Gasteiger partial charge in [-0.15, -0.1) is 0 Å². The van der Waals surface area contributed by atoms with E-state index in [1.807, 2.05) is 0 Å². The highest BCUT2D eigenvalue weighted by Gasteiger charge is 2.12. The second-order valence-corrected chi connectivity index (χ2v) is 4.73. The normalized spacial score (nSPS) is 15.7. The van der Waals surface area contributed by atoms with E-state index in [9.17, 15) is 0 Å². The number of alkyl halides is 1. The van der Waals surface area contributed by atoms with Crippen LogP contribution in [0.25, 0.3) is 0 Å². The van der Waals surface area contributed by atoms with Crippen molar-refractivity contribution in [3.8, 4) is 0 Å². The number of halogens is 1. The Morgan fingerprint density at radius 1 is 1.00 bits per heavy atom. The Balaban J connectivity index is 3.67. The molecule has 0 bridgehead atoms. The van der Waals surface area contributed by atoms with Crippen LogP contribution in [0.15, 0.2) is 0 Å². The van der Waals surface area contributed by atoms with E-state index in [1.165, 1.54) is 43.9 Å². The van der Waals surface area contributed by atoms with Crippen molar-refractivity contribution < 1.29 is 0 Å². The number of hydrogen-bond acceptors (Lipinski definition) is 0. The average Bonchev–Trinajstić information content (AvgIpc) is 2.19. The highest BCUT2D eigenvalue weighted by molar-refractivity contribution is 9.09. The molecule has 0 aliphatic rings. The van der Waals surface area contributed by atoms with E-state index in [2.05, 4.69) is 36.7 Å². The van der Waals surface area contributed by atoms with Crippen LogP contribution in [-0.2, 0) is 0 Å². The molecule has 0 nitrogen and oxygen atoms in total. The molecule has 0 amide bonds. The summed E-state index contributed by atoms with van der Waals surface area (Å²) in [6.45, 7) is 6.92. The molecule has 0 aliphatic carbocycles. The standard InChI is InChI=1S/C12H25Br/c1-4-7-8-11(5-2)9-12(6-3)10-13/h11-12H,4-10H2,1-3H3. The fourth-order valence-electron chi connectivity index (χ4n) is 1.79. The first-order chi connectivity index (χ1) is 6.28. The van der Waals surface area contributed by atoms with Crippen LogP contribution in [0.2, 0.25) is 0 Å². The quantitative estimate of drug-likeness (QED) is 0.530. The molecule has 2 unspecified atom stereocenters. The summed E-state index contributed by atoms with van der Waals surface area (Å²) in [5, 5.41) is 1.19. The van der Waals surface area contributed by atoms with E-state index in [0.29, 0.717) is 0 Å². The molecule has 0 heterocycles. The van der Waals surface area contributed by atoms with E-state index >= 15 is 0 Å². The zero-order valence-corrected chi connectivity index (χ0v) is 11.1. The van der Waals surface area contributed by atoms with Crippen LogP contribution in [0.4, 0.5) is 0 Å². The molecule has 0 aromatic carbocycles. The highest BCUT2D eigenvalue weighted by atomic mass is 79.9. The van der Waals surface area contributed by atoms with E-state index in [4.69, 9.17) is 0 Å². The summed E-state index contributed by atoms with van der Waals surface area (Å²) in [6, 6.07) is 0. The van der Waals surface area contributed by atoms with Gasteiger partial charge in [-0.05, 0) is 18.3 Å². The maximum absolute atomic E-state index is 3.60. The number of rotatable bonds is 8. The van der Waals surface area contributed by atoms with Crippen LogP contribution in [0.1, 0.15) is 59.3 Å². The third-order valence-electron chi connectivity index (χ3n) is 3.01. The molecule has 0 spiro atoms. The van der Waals surface area contributed by atoms with Gasteiger partial charge >= 0.3 is 0 Å². The largest absolute Gasteiger partial charge is 0.0925 e. The highest BCUT2D eigenvalue weighted by Crippen LogP contribution is 2.24. The van der Waals surface area contributed by atoms with Crippen LogP contribution >= 0.6 is 15.9 Å². The predicted octanol–water partition coefficient (Wildman–Crippen LogP) is 5.01. The fraction of sp³-hybridized carbons (Fsp3) is 1.00. The second-order valence-electron chi connectivity index (χ2n) is 4.08. The van der Waals surface area contributed by atoms with Gasteiger partial charge in [0.05, 0.1) is 0 Å². The van der Waals surface area contributed by atoms with Crippen molar-refractivity contribution in [2.24, 2.45) is 11.8 Å². The van der Waals surface area contributed by atoms with Crippen molar-refractivity contribution >= 4 is 15.9 Å². The van der Waals surface area contributed by atoms with Crippen molar-refractivity contribution in [1.29, 1.82) is 0 Å². The van der Waals surface area contributed by atoms with Gasteiger partial charge in [0.1, 0.15) is 0 Å². The summed E-state index contributed by atoms with van der Waals surface area (Å²) in [5.74, 6) is 1.88. The molecule has 0 aromatic heterocycles. The summed E-state index contributed by atoms with van der Waals surface area (Å²) >= 11 is 3.60. The Kier molecular flexibility index (Phi) is 9.39. The first-order valence-corrected chi connectivity index (χ1v) is 6.96. The van der Waals surface area contributed by atoms with Gasteiger partial charge in [-0.3, -0.25) is 0 Å². The molecule has 0 rings (SSSR count). The summed E-state index contributed by atoms with van der Waals surface area (Å²) in [4.78, 5) is 0. The summed E-state index contributed by atoms with van der Waals surface area (Å²) in [5.41, 5.74) is 0. The van der Waals surface area contributed by atoms with Crippen molar-refractivity contribution in [2.75, 3.05) is 5.33 Å². The van der Waals surface area contributed by atoms with Gasteiger partial charge < -0.3 is 0 Å². The van der Waals surface area contributed by atoms with Crippen LogP contribution in [0.3, 0.4) is 0 Å². The fourth-order valence-corrected chi connectivity index (χ4v) is 2.51. The lowest BCUT2D eigenvalue weighted by molar-refractivity contribution is 0.351. The van der Waals surface area contributed by atoms with Crippen molar-refractivity contribution in [3.63, 3.8) is 0 Å². The van der Waals surface area contributed by atoms with Gasteiger partial charge in [0.15, 0.2) is 0 Å². The van der Waals surface area contributed by atoms with Crippen LogP contribution < -0.4 is 0 Å². The minimum absolute atomic E-state index is 0.904. The Bertz CT molecular complexity index is 97.3. The van der Waals surface area contributed by atoms with E-state index < -0.39 is 0 Å². The molecule has 13 heavy (non-hydrogen) atoms. The Labute approximate surface area is 92.6 Å². The predicted molar refractivity (Wildman–Crippen MR) is 65.5 cm³/mol. The molecule has 0 fully saturated rings. The smallest absolute Gasteiger partial charge is 0.00596 e. The van der Waals surface area contributed by atoms with Crippen LogP contribution in [-0.4, -0.2) is 5.33 Å². The average molecular weight is 249 g/mol. The third-order valence-corrected chi connectivity index (χ3v) is 3.92. The van der Waals surface area contributed by atoms with E-state index in [1.54, 1.807) is 0 Å². The van der Waals surface area contributed by atoms with Gasteiger partial charge in [0, 0.05) is 5.33 Å². The molecule has 0 N–H and O–H groups in total. The molecule has 0 saturated heterocycles. The lowest BCUT2D eigenvalue weighted by Crippen LogP contribution is -2.09.